The Balaban J connectivity index is 1.62. The predicted molar refractivity (Wildman–Crippen MR) is 118 cm³/mol. The number of hydrogen-bond donors (Lipinski definition) is 1. The number of urea groups is 1. The molecule has 5 heteroatoms. The lowest BCUT2D eigenvalue weighted by molar-refractivity contribution is 0.0950. The fraction of sp³-hybridized carbons (Fsp3) is 0.200. The molecule has 1 heterocycles. The molecule has 0 aliphatic carbocycles. The molecule has 1 aliphatic rings. The first-order chi connectivity index (χ1) is 14.5. The van der Waals surface area contributed by atoms with E-state index in [1.807, 2.05) is 92.8 Å². The first kappa shape index (κ1) is 19.7. The Morgan fingerprint density at radius 3 is 2.23 bits per heavy atom. The molecular weight excluding hydrogens is 374 g/mol. The lowest BCUT2D eigenvalue weighted by Gasteiger charge is -2.39. The Morgan fingerprint density at radius 2 is 1.57 bits per heavy atom. The monoisotopic (exact) mass is 399 g/mol. The maximum absolute atomic E-state index is 13.0. The zero-order valence-electron chi connectivity index (χ0n) is 17.2. The highest BCUT2D eigenvalue weighted by Crippen LogP contribution is 2.37. The molecule has 1 aliphatic heterocycles. The van der Waals surface area contributed by atoms with Gasteiger partial charge in [0.15, 0.2) is 0 Å². The minimum atomic E-state index is -0.152. The average Bonchev–Trinajstić information content (AvgIpc) is 2.80. The van der Waals surface area contributed by atoms with Crippen molar-refractivity contribution in [2.75, 3.05) is 11.9 Å². The molecule has 0 radical (unpaired) electrons. The summed E-state index contributed by atoms with van der Waals surface area (Å²) in [7, 11) is 1.81. The van der Waals surface area contributed by atoms with Crippen LogP contribution in [-0.4, -0.2) is 23.9 Å². The highest BCUT2D eigenvalue weighted by Gasteiger charge is 2.33. The molecule has 3 amide bonds. The van der Waals surface area contributed by atoms with Gasteiger partial charge in [0.25, 0.3) is 5.91 Å². The number of amides is 3. The Bertz CT molecular complexity index is 1050. The highest BCUT2D eigenvalue weighted by molar-refractivity contribution is 5.99. The number of carbonyl (C=O) groups is 2. The van der Waals surface area contributed by atoms with Crippen molar-refractivity contribution in [1.82, 2.24) is 10.2 Å². The Labute approximate surface area is 176 Å². The van der Waals surface area contributed by atoms with Gasteiger partial charge in [-0.05, 0) is 35.7 Å². The summed E-state index contributed by atoms with van der Waals surface area (Å²) in [5.41, 5.74) is 4.46. The van der Waals surface area contributed by atoms with E-state index < -0.39 is 0 Å². The van der Waals surface area contributed by atoms with Crippen LogP contribution in [0.5, 0.6) is 0 Å². The van der Waals surface area contributed by atoms with Crippen molar-refractivity contribution in [2.24, 2.45) is 0 Å². The average molecular weight is 399 g/mol. The van der Waals surface area contributed by atoms with Gasteiger partial charge in [0.05, 0.1) is 18.3 Å². The molecule has 0 saturated carbocycles. The zero-order chi connectivity index (χ0) is 21.1. The van der Waals surface area contributed by atoms with Gasteiger partial charge in [0.2, 0.25) is 0 Å². The molecule has 30 heavy (non-hydrogen) atoms. The van der Waals surface area contributed by atoms with Gasteiger partial charge < -0.3 is 10.2 Å². The van der Waals surface area contributed by atoms with Gasteiger partial charge in [-0.25, -0.2) is 4.79 Å². The smallest absolute Gasteiger partial charge is 0.325 e. The lowest BCUT2D eigenvalue weighted by Crippen LogP contribution is -2.46. The fourth-order valence-corrected chi connectivity index (χ4v) is 3.74. The summed E-state index contributed by atoms with van der Waals surface area (Å²) in [4.78, 5) is 29.3. The van der Waals surface area contributed by atoms with Crippen LogP contribution in [0.2, 0.25) is 0 Å². The van der Waals surface area contributed by atoms with Crippen LogP contribution in [0, 0.1) is 0 Å². The largest absolute Gasteiger partial charge is 0.348 e. The predicted octanol–water partition coefficient (Wildman–Crippen LogP) is 4.75. The van der Waals surface area contributed by atoms with Crippen molar-refractivity contribution in [1.29, 1.82) is 0 Å². The van der Waals surface area contributed by atoms with Gasteiger partial charge >= 0.3 is 6.03 Å². The van der Waals surface area contributed by atoms with Crippen molar-refractivity contribution in [3.8, 4) is 0 Å². The number of nitrogens with zero attached hydrogens (tertiary/aromatic N) is 2. The first-order valence-corrected chi connectivity index (χ1v) is 10.1. The van der Waals surface area contributed by atoms with Crippen LogP contribution in [0.3, 0.4) is 0 Å². The fourth-order valence-electron chi connectivity index (χ4n) is 3.74. The zero-order valence-corrected chi connectivity index (χ0v) is 17.2. The molecule has 152 valence electrons. The van der Waals surface area contributed by atoms with Gasteiger partial charge in [-0.1, -0.05) is 66.7 Å². The number of nitrogens with one attached hydrogen (secondary N) is 1. The molecular formula is C25H25N3O2. The summed E-state index contributed by atoms with van der Waals surface area (Å²) in [6.07, 6.45) is 0. The summed E-state index contributed by atoms with van der Waals surface area (Å²) in [5, 5.41) is 2.96. The molecule has 0 bridgehead atoms. The molecule has 4 rings (SSSR count). The molecule has 0 aromatic heterocycles. The molecule has 1 unspecified atom stereocenters. The number of benzene rings is 3. The van der Waals surface area contributed by atoms with E-state index in [-0.39, 0.29) is 18.0 Å². The van der Waals surface area contributed by atoms with Crippen LogP contribution in [0.15, 0.2) is 78.9 Å². The summed E-state index contributed by atoms with van der Waals surface area (Å²) >= 11 is 0. The van der Waals surface area contributed by atoms with E-state index in [0.29, 0.717) is 18.7 Å². The Morgan fingerprint density at radius 1 is 0.933 bits per heavy atom. The van der Waals surface area contributed by atoms with Crippen LogP contribution in [0.1, 0.15) is 40.0 Å². The van der Waals surface area contributed by atoms with Gasteiger partial charge in [-0.3, -0.25) is 9.69 Å². The third-order valence-corrected chi connectivity index (χ3v) is 5.63. The standard InChI is InChI=1S/C25H25N3O2/c1-18-22-14-13-21(24(29)26-16-19-9-5-3-6-10-19)15-23(22)28(25(30)27(18)2)17-20-11-7-4-8-12-20/h3-15,18H,16-17H2,1-2H3,(H,26,29). The number of hydrogen-bond acceptors (Lipinski definition) is 2. The molecule has 3 aromatic carbocycles. The first-order valence-electron chi connectivity index (χ1n) is 10.1. The molecule has 1 N–H and O–H groups in total. The van der Waals surface area contributed by atoms with Crippen molar-refractivity contribution >= 4 is 17.6 Å². The number of fused-ring (bicyclic) bond motifs is 1. The summed E-state index contributed by atoms with van der Waals surface area (Å²) in [6.45, 7) is 2.92. The molecule has 1 atom stereocenters. The highest BCUT2D eigenvalue weighted by atomic mass is 16.2. The van der Waals surface area contributed by atoms with Crippen molar-refractivity contribution in [3.63, 3.8) is 0 Å². The van der Waals surface area contributed by atoms with Gasteiger partial charge in [-0.2, -0.15) is 0 Å². The maximum atomic E-state index is 13.0. The quantitative estimate of drug-likeness (QED) is 0.673. The minimum absolute atomic E-state index is 0.0547. The number of carbonyl (C=O) groups excluding carboxylic acids is 2. The third-order valence-electron chi connectivity index (χ3n) is 5.63. The van der Waals surface area contributed by atoms with Crippen molar-refractivity contribution in [2.45, 2.75) is 26.1 Å². The van der Waals surface area contributed by atoms with Crippen molar-refractivity contribution in [3.05, 3.63) is 101 Å². The lowest BCUT2D eigenvalue weighted by atomic mass is 9.98. The van der Waals surface area contributed by atoms with E-state index in [4.69, 9.17) is 0 Å². The van der Waals surface area contributed by atoms with Crippen LogP contribution in [0.4, 0.5) is 10.5 Å². The Kier molecular flexibility index (Phi) is 5.53. The molecule has 3 aromatic rings. The normalized spacial score (nSPS) is 15.7. The van der Waals surface area contributed by atoms with Gasteiger partial charge in [0.1, 0.15) is 0 Å². The Hall–Kier alpha value is -3.60. The number of anilines is 1. The summed E-state index contributed by atoms with van der Waals surface area (Å²) in [5.74, 6) is -0.152. The van der Waals surface area contributed by atoms with E-state index >= 15 is 0 Å². The van der Waals surface area contributed by atoms with E-state index in [1.165, 1.54) is 0 Å². The third kappa shape index (κ3) is 3.92. The van der Waals surface area contributed by atoms with Gasteiger partial charge in [0, 0.05) is 19.2 Å². The van der Waals surface area contributed by atoms with Crippen LogP contribution < -0.4 is 10.2 Å². The summed E-state index contributed by atoms with van der Waals surface area (Å²) < 4.78 is 0. The van der Waals surface area contributed by atoms with Gasteiger partial charge in [-0.15, -0.1) is 0 Å². The molecule has 0 saturated heterocycles. The maximum Gasteiger partial charge on any atom is 0.325 e. The molecule has 0 spiro atoms. The minimum Gasteiger partial charge on any atom is -0.348 e. The van der Waals surface area contributed by atoms with Crippen LogP contribution in [-0.2, 0) is 13.1 Å². The van der Waals surface area contributed by atoms with Crippen LogP contribution in [0.25, 0.3) is 0 Å². The second-order valence-electron chi connectivity index (χ2n) is 7.58. The van der Waals surface area contributed by atoms with E-state index in [0.717, 1.165) is 22.4 Å². The number of rotatable bonds is 5. The second kappa shape index (κ2) is 8.41. The second-order valence-corrected chi connectivity index (χ2v) is 7.58. The van der Waals surface area contributed by atoms with E-state index in [9.17, 15) is 9.59 Å². The van der Waals surface area contributed by atoms with E-state index in [2.05, 4.69) is 5.32 Å². The van der Waals surface area contributed by atoms with Crippen LogP contribution >= 0.6 is 0 Å². The van der Waals surface area contributed by atoms with E-state index in [1.54, 1.807) is 9.80 Å². The summed E-state index contributed by atoms with van der Waals surface area (Å²) in [6, 6.07) is 25.2. The molecule has 5 nitrogen and oxygen atoms in total. The SMILES string of the molecule is CC1c2ccc(C(=O)NCc3ccccc3)cc2N(Cc2ccccc2)C(=O)N1C. The van der Waals surface area contributed by atoms with Crippen molar-refractivity contribution < 1.29 is 9.59 Å². The molecule has 0 fully saturated rings. The topological polar surface area (TPSA) is 52.7 Å².